The minimum atomic E-state index is -1.74. The third-order valence-corrected chi connectivity index (χ3v) is 79.0. The molecular formula is C73H131Cl3S4Si12. The molecule has 5 aromatic carbocycles. The zero-order valence-corrected chi connectivity index (χ0v) is 82.6. The maximum absolute atomic E-state index is 4.81. The molecule has 0 saturated carbocycles. The van der Waals surface area contributed by atoms with E-state index in [0.717, 1.165) is 0 Å². The summed E-state index contributed by atoms with van der Waals surface area (Å²) in [6.07, 6.45) is 0. The summed E-state index contributed by atoms with van der Waals surface area (Å²) in [7, 11) is -20.4. The normalized spacial score (nSPS) is 14.2. The van der Waals surface area contributed by atoms with Gasteiger partial charge in [0.2, 0.25) is 0 Å². The van der Waals surface area contributed by atoms with Gasteiger partial charge in [-0.15, -0.1) is 0 Å². The molecule has 0 amide bonds. The molecule has 516 valence electrons. The van der Waals surface area contributed by atoms with Gasteiger partial charge >= 0.3 is 0 Å². The van der Waals surface area contributed by atoms with E-state index in [1.807, 2.05) is 23.5 Å². The van der Waals surface area contributed by atoms with Crippen LogP contribution in [0.15, 0.2) is 136 Å². The molecule has 0 aromatic heterocycles. The summed E-state index contributed by atoms with van der Waals surface area (Å²) in [4.78, 5) is 11.5. The van der Waals surface area contributed by atoms with Gasteiger partial charge < -0.3 is 0 Å². The molecule has 0 bridgehead atoms. The van der Waals surface area contributed by atoms with Crippen LogP contribution >= 0.6 is 81.9 Å². The van der Waals surface area contributed by atoms with Crippen molar-refractivity contribution in [1.29, 1.82) is 0 Å². The highest BCUT2D eigenvalue weighted by atomic mass is 35.6. The van der Waals surface area contributed by atoms with Crippen LogP contribution in [0.25, 0.3) is 0 Å². The number of rotatable bonds is 26. The molecule has 19 heteroatoms. The third kappa shape index (κ3) is 23.3. The lowest BCUT2D eigenvalue weighted by Gasteiger charge is -2.45. The lowest BCUT2D eigenvalue weighted by Crippen LogP contribution is -2.50. The van der Waals surface area contributed by atoms with Crippen molar-refractivity contribution in [3.63, 3.8) is 0 Å². The van der Waals surface area contributed by atoms with Gasteiger partial charge in [0.15, 0.2) is 4.30 Å². The number of benzene rings is 5. The van der Waals surface area contributed by atoms with Gasteiger partial charge in [0.25, 0.3) is 0 Å². The first-order valence-electron chi connectivity index (χ1n) is 34.3. The van der Waals surface area contributed by atoms with Crippen LogP contribution in [0.1, 0.15) is 64.4 Å². The molecule has 0 fully saturated rings. The van der Waals surface area contributed by atoms with Crippen molar-refractivity contribution in [2.45, 2.75) is 310 Å². The van der Waals surface area contributed by atoms with E-state index in [-0.39, 0.29) is 0 Å². The Kier molecular flexibility index (Phi) is 29.0. The number of alkyl halides is 3. The topological polar surface area (TPSA) is 0 Å². The van der Waals surface area contributed by atoms with Gasteiger partial charge in [0.05, 0.1) is 0 Å². The predicted molar refractivity (Wildman–Crippen MR) is 467 cm³/mol. The molecule has 0 unspecified atom stereocenters. The van der Waals surface area contributed by atoms with Crippen LogP contribution in [0.5, 0.6) is 0 Å². The van der Waals surface area contributed by atoms with E-state index in [4.69, 9.17) is 34.8 Å². The Morgan fingerprint density at radius 1 is 0.217 bits per heavy atom. The number of halogens is 3. The first-order valence-corrected chi connectivity index (χ1v) is 81.8. The van der Waals surface area contributed by atoms with E-state index in [0.29, 0.717) is 31.0 Å². The van der Waals surface area contributed by atoms with E-state index < -0.39 is 101 Å². The molecule has 0 radical (unpaired) electrons. The molecule has 0 saturated heterocycles. The minimum Gasteiger partial charge on any atom is -0.0884 e. The molecule has 0 heterocycles. The largest absolute Gasteiger partial charge is 0.180 e. The SMILES string of the molecule is C[Si](C)(C)C(c1cc(C([Si](C)(C)C)[Si](C)(C)C)c(Sc2ccccc2Sc2ccccc2Sc2ccccc2Sc2c(C([Si](C)(C)C)[Si](C)(C)C)cc(C([Si](C)(C)C)[Si](C)(C)C)cc2C([Si](C)(C)C)[Si](C)(C)C)c(C([Si](C)(C)C)[Si](C)(C)C)c1)[Si](C)(C)C.ClC(Cl)Cl. The van der Waals surface area contributed by atoms with Crippen molar-refractivity contribution in [1.82, 2.24) is 0 Å². The highest BCUT2D eigenvalue weighted by molar-refractivity contribution is 8.04. The fourth-order valence-corrected chi connectivity index (χ4v) is 101. The Morgan fingerprint density at radius 3 is 0.478 bits per heavy atom. The Bertz CT molecular complexity index is 2860. The van der Waals surface area contributed by atoms with Gasteiger partial charge in [-0.25, -0.2) is 0 Å². The zero-order valence-electron chi connectivity index (χ0n) is 65.0. The van der Waals surface area contributed by atoms with Gasteiger partial charge in [-0.2, -0.15) is 0 Å². The second kappa shape index (κ2) is 31.3. The first-order chi connectivity index (χ1) is 41.0. The molecule has 5 aromatic rings. The number of hydrogen-bond donors (Lipinski definition) is 0. The standard InChI is InChI=1S/C72H130S4Si12.CHCl3/c1-77(2,3)67(78(4,5)6)53-49-55(69(81(13,14)15)82(16,17)18)65(56(50-53)70(83(19,20)21)84(22,23)24)75-63-47-41-39-45-61(63)73-59-43-37-38-44-60(59)74-62-46-40-42-48-64(62)76-66-57(71(85(25,26)27)86(28,29)30)51-54(68(79(7,8)9)80(10,11)12)52-58(66)72(87(31,32)33)88(34,35)36;2-1(3)4/h37-52,67-72H,1-36H3;1H. The van der Waals surface area contributed by atoms with Crippen LogP contribution in [0.4, 0.5) is 0 Å². The monoisotopic (exact) mass is 1580 g/mol. The van der Waals surface area contributed by atoms with E-state index in [2.05, 4.69) is 356 Å². The highest BCUT2D eigenvalue weighted by Gasteiger charge is 2.49. The van der Waals surface area contributed by atoms with Crippen molar-refractivity contribution < 1.29 is 0 Å². The van der Waals surface area contributed by atoms with Crippen LogP contribution in [0.2, 0.25) is 236 Å². The average Bonchev–Trinajstić information content (AvgIpc) is 0.741. The Hall–Kier alpha value is 0.973. The predicted octanol–water partition coefficient (Wildman–Crippen LogP) is 29.3. The fraction of sp³-hybridized carbons (Fsp3) is 0.589. The maximum Gasteiger partial charge on any atom is 0.180 e. The third-order valence-electron chi connectivity index (χ3n) is 18.1. The summed E-state index contributed by atoms with van der Waals surface area (Å²) >= 11 is 22.8. The van der Waals surface area contributed by atoms with E-state index in [9.17, 15) is 0 Å². The summed E-state index contributed by atoms with van der Waals surface area (Å²) in [5, 5.41) is 3.92. The van der Waals surface area contributed by atoms with Crippen molar-refractivity contribution in [2.75, 3.05) is 0 Å². The smallest absolute Gasteiger partial charge is 0.0884 e. The summed E-state index contributed by atoms with van der Waals surface area (Å²) in [6, 6.07) is 40.1. The van der Waals surface area contributed by atoms with Gasteiger partial charge in [-0.05, 0) is 101 Å². The van der Waals surface area contributed by atoms with E-state index in [1.54, 1.807) is 43.2 Å². The van der Waals surface area contributed by atoms with Crippen molar-refractivity contribution in [2.24, 2.45) is 0 Å². The summed E-state index contributed by atoms with van der Waals surface area (Å²) in [5.74, 6) is 0. The molecule has 0 aliphatic heterocycles. The van der Waals surface area contributed by atoms with Crippen molar-refractivity contribution in [3.8, 4) is 0 Å². The zero-order chi connectivity index (χ0) is 71.3. The van der Waals surface area contributed by atoms with Crippen LogP contribution in [0, 0.1) is 0 Å². The molecular weight excluding hydrogens is 1450 g/mol. The summed E-state index contributed by atoms with van der Waals surface area (Å²) < 4.78 is -0.750. The summed E-state index contributed by atoms with van der Waals surface area (Å²) in [6.45, 7) is 97.1. The summed E-state index contributed by atoms with van der Waals surface area (Å²) in [5.41, 5.74) is 10.4. The molecule has 0 aliphatic carbocycles. The van der Waals surface area contributed by atoms with Crippen LogP contribution < -0.4 is 0 Å². The van der Waals surface area contributed by atoms with Crippen LogP contribution in [-0.4, -0.2) is 101 Å². The molecule has 92 heavy (non-hydrogen) atoms. The quantitative estimate of drug-likeness (QED) is 0.0400. The van der Waals surface area contributed by atoms with Gasteiger partial charge in [-0.1, -0.05) is 378 Å². The van der Waals surface area contributed by atoms with Gasteiger partial charge in [0.1, 0.15) is 0 Å². The van der Waals surface area contributed by atoms with E-state index in [1.165, 1.54) is 29.4 Å². The second-order valence-corrected chi connectivity index (χ2v) is 113. The Balaban J connectivity index is 0.00000438. The van der Waals surface area contributed by atoms with E-state index >= 15 is 0 Å². The van der Waals surface area contributed by atoms with Crippen LogP contribution in [0.3, 0.4) is 0 Å². The Morgan fingerprint density at radius 2 is 0.348 bits per heavy atom. The number of hydrogen-bond acceptors (Lipinski definition) is 4. The molecule has 0 nitrogen and oxygen atoms in total. The first kappa shape index (κ1) is 85.4. The van der Waals surface area contributed by atoms with Crippen molar-refractivity contribution in [3.05, 3.63) is 130 Å². The fourth-order valence-electron chi connectivity index (χ4n) is 18.7. The molecule has 0 spiro atoms. The van der Waals surface area contributed by atoms with Crippen molar-refractivity contribution >= 4 is 179 Å². The Labute approximate surface area is 612 Å². The lowest BCUT2D eigenvalue weighted by atomic mass is 10.1. The van der Waals surface area contributed by atoms with Crippen LogP contribution in [-0.2, 0) is 0 Å². The van der Waals surface area contributed by atoms with Gasteiger partial charge in [-0.3, -0.25) is 0 Å². The highest BCUT2D eigenvalue weighted by Crippen LogP contribution is 2.56. The second-order valence-electron chi connectivity index (χ2n) is 40.0. The molecule has 0 atom stereocenters. The maximum atomic E-state index is 4.81. The lowest BCUT2D eigenvalue weighted by molar-refractivity contribution is 1.01. The van der Waals surface area contributed by atoms with Gasteiger partial charge in [0, 0.05) is 136 Å². The molecule has 0 aliphatic rings. The molecule has 0 N–H and O–H groups in total. The average molecular weight is 1580 g/mol. The minimum absolute atomic E-state index is 0.634. The molecule has 5 rings (SSSR count).